The molecule has 6 rings (SSSR count). The van der Waals surface area contributed by atoms with Gasteiger partial charge in [-0.2, -0.15) is 0 Å². The van der Waals surface area contributed by atoms with Gasteiger partial charge in [-0.1, -0.05) is 54.6 Å². The molecule has 0 aliphatic carbocycles. The van der Waals surface area contributed by atoms with E-state index in [1.54, 1.807) is 0 Å². The SMILES string of the molecule is CCn1c2ccc(C[S+]3CCCC3)cc2c2cc(-c3cccc4ccccc34)ccc21. The van der Waals surface area contributed by atoms with Crippen molar-refractivity contribution in [1.82, 2.24) is 4.57 Å². The summed E-state index contributed by atoms with van der Waals surface area (Å²) in [7, 11) is 0.593. The Kier molecular flexibility index (Phi) is 4.76. The minimum Gasteiger partial charge on any atom is -0.341 e. The monoisotopic (exact) mass is 422 g/mol. The normalized spacial score (nSPS) is 14.9. The number of benzene rings is 4. The number of aryl methyl sites for hydroxylation is 1. The van der Waals surface area contributed by atoms with Crippen LogP contribution in [0.4, 0.5) is 0 Å². The van der Waals surface area contributed by atoms with Gasteiger partial charge in [0.1, 0.15) is 17.3 Å². The van der Waals surface area contributed by atoms with E-state index in [1.165, 1.54) is 79.4 Å². The summed E-state index contributed by atoms with van der Waals surface area (Å²) in [5, 5.41) is 5.43. The number of hydrogen-bond donors (Lipinski definition) is 0. The smallest absolute Gasteiger partial charge is 0.133 e. The van der Waals surface area contributed by atoms with Gasteiger partial charge in [-0.3, -0.25) is 0 Å². The quantitative estimate of drug-likeness (QED) is 0.264. The zero-order valence-corrected chi connectivity index (χ0v) is 18.9. The van der Waals surface area contributed by atoms with E-state index >= 15 is 0 Å². The van der Waals surface area contributed by atoms with E-state index in [-0.39, 0.29) is 0 Å². The average Bonchev–Trinajstić information content (AvgIpc) is 3.44. The zero-order valence-electron chi connectivity index (χ0n) is 18.1. The second-order valence-corrected chi connectivity index (χ2v) is 11.1. The van der Waals surface area contributed by atoms with Crippen molar-refractivity contribution in [3.05, 3.63) is 84.4 Å². The number of hydrogen-bond acceptors (Lipinski definition) is 0. The van der Waals surface area contributed by atoms with Crippen molar-refractivity contribution < 1.29 is 0 Å². The van der Waals surface area contributed by atoms with E-state index in [4.69, 9.17) is 0 Å². The first-order valence-electron chi connectivity index (χ1n) is 11.5. The Bertz CT molecular complexity index is 1400. The third-order valence-corrected chi connectivity index (χ3v) is 9.31. The lowest BCUT2D eigenvalue weighted by Gasteiger charge is -2.08. The molecule has 2 heteroatoms. The van der Waals surface area contributed by atoms with Crippen LogP contribution in [0.2, 0.25) is 0 Å². The van der Waals surface area contributed by atoms with Crippen molar-refractivity contribution in [2.24, 2.45) is 0 Å². The fourth-order valence-corrected chi connectivity index (χ4v) is 7.69. The molecule has 1 aromatic heterocycles. The fraction of sp³-hybridized carbons (Fsp3) is 0.241. The molecule has 4 aromatic carbocycles. The molecule has 1 fully saturated rings. The summed E-state index contributed by atoms with van der Waals surface area (Å²) in [5.74, 6) is 4.12. The molecule has 2 heterocycles. The lowest BCUT2D eigenvalue weighted by atomic mass is 9.97. The lowest BCUT2D eigenvalue weighted by molar-refractivity contribution is 0.827. The Morgan fingerprint density at radius 3 is 2.32 bits per heavy atom. The molecule has 0 spiro atoms. The Balaban J connectivity index is 1.54. The molecule has 0 saturated carbocycles. The molecule has 154 valence electrons. The van der Waals surface area contributed by atoms with Gasteiger partial charge in [0.15, 0.2) is 0 Å². The van der Waals surface area contributed by atoms with Crippen LogP contribution >= 0.6 is 0 Å². The predicted octanol–water partition coefficient (Wildman–Crippen LogP) is 7.55. The minimum absolute atomic E-state index is 0.593. The molecule has 31 heavy (non-hydrogen) atoms. The minimum atomic E-state index is 0.593. The van der Waals surface area contributed by atoms with Gasteiger partial charge in [0, 0.05) is 33.9 Å². The van der Waals surface area contributed by atoms with Gasteiger partial charge in [-0.25, -0.2) is 0 Å². The van der Waals surface area contributed by atoms with Crippen LogP contribution in [-0.2, 0) is 23.2 Å². The van der Waals surface area contributed by atoms with Crippen LogP contribution in [-0.4, -0.2) is 16.1 Å². The summed E-state index contributed by atoms with van der Waals surface area (Å²) in [5.41, 5.74) is 6.86. The van der Waals surface area contributed by atoms with E-state index in [1.807, 2.05) is 0 Å². The molecule has 1 nitrogen and oxygen atoms in total. The van der Waals surface area contributed by atoms with Crippen molar-refractivity contribution in [3.8, 4) is 11.1 Å². The summed E-state index contributed by atoms with van der Waals surface area (Å²) in [4.78, 5) is 0. The summed E-state index contributed by atoms with van der Waals surface area (Å²) < 4.78 is 2.47. The highest BCUT2D eigenvalue weighted by atomic mass is 32.2. The van der Waals surface area contributed by atoms with Crippen LogP contribution in [0.1, 0.15) is 25.3 Å². The highest BCUT2D eigenvalue weighted by molar-refractivity contribution is 7.96. The molecule has 5 aromatic rings. The molecule has 1 aliphatic rings. The van der Waals surface area contributed by atoms with Crippen LogP contribution in [0.3, 0.4) is 0 Å². The van der Waals surface area contributed by atoms with E-state index < -0.39 is 0 Å². The molecule has 1 aliphatic heterocycles. The van der Waals surface area contributed by atoms with Gasteiger partial charge in [0.05, 0.1) is 0 Å². The second kappa shape index (κ2) is 7.76. The third kappa shape index (κ3) is 3.25. The van der Waals surface area contributed by atoms with Crippen molar-refractivity contribution in [2.75, 3.05) is 11.5 Å². The largest absolute Gasteiger partial charge is 0.341 e. The van der Waals surface area contributed by atoms with E-state index in [0.717, 1.165) is 6.54 Å². The Morgan fingerprint density at radius 2 is 1.48 bits per heavy atom. The number of nitrogens with zero attached hydrogens (tertiary/aromatic N) is 1. The molecule has 0 bridgehead atoms. The van der Waals surface area contributed by atoms with E-state index in [0.29, 0.717) is 10.9 Å². The van der Waals surface area contributed by atoms with Crippen LogP contribution in [0.5, 0.6) is 0 Å². The van der Waals surface area contributed by atoms with Gasteiger partial charge < -0.3 is 4.57 Å². The fourth-order valence-electron chi connectivity index (χ4n) is 5.32. The van der Waals surface area contributed by atoms with Gasteiger partial charge in [-0.05, 0) is 76.8 Å². The van der Waals surface area contributed by atoms with Gasteiger partial charge in [0.25, 0.3) is 0 Å². The first-order chi connectivity index (χ1) is 15.3. The van der Waals surface area contributed by atoms with E-state index in [2.05, 4.69) is 90.4 Å². The van der Waals surface area contributed by atoms with Crippen molar-refractivity contribution in [3.63, 3.8) is 0 Å². The van der Waals surface area contributed by atoms with Gasteiger partial charge in [0.2, 0.25) is 0 Å². The first kappa shape index (κ1) is 19.0. The standard InChI is InChI=1S/C29H28NS/c1-2-30-28-14-12-21(20-31-16-5-6-17-31)18-26(28)27-19-23(13-15-29(27)30)25-11-7-9-22-8-3-4-10-24(22)25/h3-4,7-15,18-19H,2,5-6,16-17,20H2,1H3/q+1. The van der Waals surface area contributed by atoms with Crippen molar-refractivity contribution >= 4 is 43.5 Å². The van der Waals surface area contributed by atoms with Crippen LogP contribution in [0, 0.1) is 0 Å². The van der Waals surface area contributed by atoms with Gasteiger partial charge in [-0.15, -0.1) is 0 Å². The molecule has 0 N–H and O–H groups in total. The average molecular weight is 423 g/mol. The Morgan fingerprint density at radius 1 is 0.742 bits per heavy atom. The highest BCUT2D eigenvalue weighted by Crippen LogP contribution is 2.36. The number of fused-ring (bicyclic) bond motifs is 4. The van der Waals surface area contributed by atoms with Crippen molar-refractivity contribution in [1.29, 1.82) is 0 Å². The number of aromatic nitrogens is 1. The Labute approximate surface area is 187 Å². The molecule has 0 atom stereocenters. The highest BCUT2D eigenvalue weighted by Gasteiger charge is 2.24. The third-order valence-electron chi connectivity index (χ3n) is 6.83. The van der Waals surface area contributed by atoms with Crippen LogP contribution < -0.4 is 0 Å². The first-order valence-corrected chi connectivity index (χ1v) is 13.2. The molecular formula is C29H28NS+. The van der Waals surface area contributed by atoms with Crippen LogP contribution in [0.25, 0.3) is 43.7 Å². The topological polar surface area (TPSA) is 4.93 Å². The molecule has 0 radical (unpaired) electrons. The lowest BCUT2D eigenvalue weighted by Crippen LogP contribution is -2.06. The second-order valence-electron chi connectivity index (χ2n) is 8.73. The molecular weight excluding hydrogens is 394 g/mol. The zero-order chi connectivity index (χ0) is 20.8. The molecule has 0 amide bonds. The maximum absolute atomic E-state index is 2.49. The molecule has 0 unspecified atom stereocenters. The molecule has 1 saturated heterocycles. The predicted molar refractivity (Wildman–Crippen MR) is 138 cm³/mol. The summed E-state index contributed by atoms with van der Waals surface area (Å²) >= 11 is 0. The summed E-state index contributed by atoms with van der Waals surface area (Å²) in [6, 6.07) is 29.6. The van der Waals surface area contributed by atoms with Crippen molar-refractivity contribution in [2.45, 2.75) is 32.1 Å². The van der Waals surface area contributed by atoms with Crippen LogP contribution in [0.15, 0.2) is 78.9 Å². The number of rotatable bonds is 4. The maximum atomic E-state index is 2.49. The summed E-state index contributed by atoms with van der Waals surface area (Å²) in [6.45, 7) is 3.25. The van der Waals surface area contributed by atoms with E-state index in [9.17, 15) is 0 Å². The maximum Gasteiger partial charge on any atom is 0.133 e. The Hall–Kier alpha value is -2.71. The van der Waals surface area contributed by atoms with Gasteiger partial charge >= 0.3 is 0 Å². The summed E-state index contributed by atoms with van der Waals surface area (Å²) in [6.07, 6.45) is 2.85.